The van der Waals surface area contributed by atoms with Crippen LogP contribution in [0.15, 0.2) is 30.9 Å². The molecule has 2 unspecified atom stereocenters. The minimum absolute atomic E-state index is 0.140. The highest BCUT2D eigenvalue weighted by atomic mass is 15.0. The number of aryl methyl sites for hydroxylation is 2. The Kier molecular flexibility index (Phi) is 4.71. The average molecular weight is 307 g/mol. The van der Waals surface area contributed by atoms with Crippen molar-refractivity contribution in [3.05, 3.63) is 42.0 Å². The van der Waals surface area contributed by atoms with Crippen molar-refractivity contribution in [2.75, 3.05) is 5.32 Å². The lowest BCUT2D eigenvalue weighted by Gasteiger charge is -2.27. The Hall–Kier alpha value is -2.21. The van der Waals surface area contributed by atoms with Crippen LogP contribution in [-0.4, -0.2) is 11.0 Å². The predicted molar refractivity (Wildman–Crippen MR) is 96.6 cm³/mol. The van der Waals surface area contributed by atoms with Crippen molar-refractivity contribution in [1.29, 1.82) is 5.26 Å². The smallest absolute Gasteiger partial charge is 0.107 e. The summed E-state index contributed by atoms with van der Waals surface area (Å²) < 4.78 is 0. The maximum atomic E-state index is 9.26. The van der Waals surface area contributed by atoms with Crippen molar-refractivity contribution in [3.63, 3.8) is 0 Å². The van der Waals surface area contributed by atoms with Crippen LogP contribution in [0.25, 0.3) is 10.9 Å². The number of aromatic nitrogens is 1. The molecule has 0 saturated carbocycles. The molecule has 0 bridgehead atoms. The number of anilines is 1. The molecule has 2 heterocycles. The van der Waals surface area contributed by atoms with Gasteiger partial charge in [0.05, 0.1) is 12.0 Å². The van der Waals surface area contributed by atoms with Crippen LogP contribution >= 0.6 is 0 Å². The van der Waals surface area contributed by atoms with Gasteiger partial charge in [0.25, 0.3) is 0 Å². The van der Waals surface area contributed by atoms with E-state index < -0.39 is 0 Å². The first-order valence-electron chi connectivity index (χ1n) is 8.69. The minimum atomic E-state index is -0.140. The summed E-state index contributed by atoms with van der Waals surface area (Å²) in [5.74, 6) is 0.958. The lowest BCUT2D eigenvalue weighted by Crippen LogP contribution is -2.31. The van der Waals surface area contributed by atoms with Crippen molar-refractivity contribution in [2.45, 2.75) is 51.5 Å². The molecule has 3 nitrogen and oxygen atoms in total. The number of benzene rings is 1. The first-order chi connectivity index (χ1) is 11.3. The third kappa shape index (κ3) is 2.99. The Labute approximate surface area is 138 Å². The summed E-state index contributed by atoms with van der Waals surface area (Å²) in [7, 11) is 0. The topological polar surface area (TPSA) is 51.6 Å². The number of nitrogens with one attached hydrogen (secondary N) is 2. The first kappa shape index (κ1) is 15.7. The molecule has 1 aromatic carbocycles. The van der Waals surface area contributed by atoms with Gasteiger partial charge in [0.1, 0.15) is 5.82 Å². The number of hydrogen-bond donors (Lipinski definition) is 2. The standard InChI is InChI=1S/C20H25N3/c1-3-5-6-8-15-9-7-10-18-19(15)16-11-12-17(14(4-2)13-21)22-20(16)23-18/h4,7,9-10,14,17,22-23H,2-3,5-6,8,11-12H2,1H3. The minimum Gasteiger partial charge on any atom is -0.367 e. The largest absolute Gasteiger partial charge is 0.367 e. The zero-order valence-corrected chi connectivity index (χ0v) is 13.9. The number of fused-ring (bicyclic) bond motifs is 3. The zero-order valence-electron chi connectivity index (χ0n) is 13.9. The molecule has 23 heavy (non-hydrogen) atoms. The molecule has 0 fully saturated rings. The molecular weight excluding hydrogens is 282 g/mol. The number of H-pyrrole nitrogens is 1. The van der Waals surface area contributed by atoms with Gasteiger partial charge in [-0.15, -0.1) is 6.58 Å². The Morgan fingerprint density at radius 2 is 2.30 bits per heavy atom. The highest BCUT2D eigenvalue weighted by Gasteiger charge is 2.26. The molecule has 0 aliphatic carbocycles. The van der Waals surface area contributed by atoms with Gasteiger partial charge in [-0.2, -0.15) is 5.26 Å². The normalized spacial score (nSPS) is 18.0. The Bertz CT molecular complexity index is 735. The van der Waals surface area contributed by atoms with E-state index in [-0.39, 0.29) is 12.0 Å². The molecule has 120 valence electrons. The van der Waals surface area contributed by atoms with Crippen LogP contribution in [0.5, 0.6) is 0 Å². The van der Waals surface area contributed by atoms with Gasteiger partial charge in [-0.3, -0.25) is 0 Å². The second-order valence-corrected chi connectivity index (χ2v) is 6.46. The van der Waals surface area contributed by atoms with E-state index in [1.807, 2.05) is 0 Å². The number of hydrogen-bond acceptors (Lipinski definition) is 2. The van der Waals surface area contributed by atoms with E-state index >= 15 is 0 Å². The summed E-state index contributed by atoms with van der Waals surface area (Å²) in [5.41, 5.74) is 4.06. The van der Waals surface area contributed by atoms with Crippen LogP contribution in [0.1, 0.15) is 43.7 Å². The van der Waals surface area contributed by atoms with Crippen LogP contribution in [0.3, 0.4) is 0 Å². The van der Waals surface area contributed by atoms with Crippen molar-refractivity contribution >= 4 is 16.7 Å². The second kappa shape index (κ2) is 6.91. The molecule has 1 aromatic heterocycles. The first-order valence-corrected chi connectivity index (χ1v) is 8.69. The van der Waals surface area contributed by atoms with Crippen molar-refractivity contribution in [2.24, 2.45) is 5.92 Å². The summed E-state index contributed by atoms with van der Waals surface area (Å²) in [6.45, 7) is 6.03. The van der Waals surface area contributed by atoms with Crippen molar-refractivity contribution in [3.8, 4) is 6.07 Å². The lowest BCUT2D eigenvalue weighted by atomic mass is 9.90. The van der Waals surface area contributed by atoms with Gasteiger partial charge in [-0.1, -0.05) is 38.0 Å². The quantitative estimate of drug-likeness (QED) is 0.586. The molecule has 0 saturated heterocycles. The predicted octanol–water partition coefficient (Wildman–Crippen LogP) is 4.95. The fourth-order valence-electron chi connectivity index (χ4n) is 3.68. The van der Waals surface area contributed by atoms with Crippen LogP contribution in [-0.2, 0) is 12.8 Å². The van der Waals surface area contributed by atoms with E-state index in [1.165, 1.54) is 41.3 Å². The average Bonchev–Trinajstić information content (AvgIpc) is 2.95. The van der Waals surface area contributed by atoms with Gasteiger partial charge >= 0.3 is 0 Å². The van der Waals surface area contributed by atoms with Crippen LogP contribution in [0, 0.1) is 17.2 Å². The lowest BCUT2D eigenvalue weighted by molar-refractivity contribution is 0.567. The van der Waals surface area contributed by atoms with Gasteiger partial charge in [-0.25, -0.2) is 0 Å². The maximum absolute atomic E-state index is 9.26. The van der Waals surface area contributed by atoms with Gasteiger partial charge < -0.3 is 10.3 Å². The van der Waals surface area contributed by atoms with Gasteiger partial charge in [0, 0.05) is 22.5 Å². The number of unbranched alkanes of at least 4 members (excludes halogenated alkanes) is 2. The Morgan fingerprint density at radius 3 is 3.04 bits per heavy atom. The van der Waals surface area contributed by atoms with Crippen LogP contribution in [0.2, 0.25) is 0 Å². The van der Waals surface area contributed by atoms with Crippen molar-refractivity contribution in [1.82, 2.24) is 4.98 Å². The third-order valence-electron chi connectivity index (χ3n) is 4.94. The van der Waals surface area contributed by atoms with Gasteiger partial charge in [0.2, 0.25) is 0 Å². The fraction of sp³-hybridized carbons (Fsp3) is 0.450. The van der Waals surface area contributed by atoms with Gasteiger partial charge in [0.15, 0.2) is 0 Å². The molecule has 0 spiro atoms. The monoisotopic (exact) mass is 307 g/mol. The Morgan fingerprint density at radius 1 is 1.43 bits per heavy atom. The molecule has 2 atom stereocenters. The van der Waals surface area contributed by atoms with Crippen molar-refractivity contribution < 1.29 is 0 Å². The summed E-state index contributed by atoms with van der Waals surface area (Å²) >= 11 is 0. The molecule has 3 rings (SSSR count). The number of nitriles is 1. The van der Waals surface area contributed by atoms with E-state index in [1.54, 1.807) is 6.08 Å². The van der Waals surface area contributed by atoms with E-state index in [9.17, 15) is 5.26 Å². The summed E-state index contributed by atoms with van der Waals surface area (Å²) in [6.07, 6.45) is 8.68. The number of nitrogens with zero attached hydrogens (tertiary/aromatic N) is 1. The van der Waals surface area contributed by atoms with E-state index in [2.05, 4.69) is 48.1 Å². The molecule has 0 amide bonds. The van der Waals surface area contributed by atoms with Crippen LogP contribution in [0.4, 0.5) is 5.82 Å². The van der Waals surface area contributed by atoms with E-state index in [4.69, 9.17) is 0 Å². The highest BCUT2D eigenvalue weighted by Crippen LogP contribution is 2.36. The molecule has 2 N–H and O–H groups in total. The SMILES string of the molecule is C=CC(C#N)C1CCc2c([nH]c3cccc(CCCCC)c23)N1. The van der Waals surface area contributed by atoms with Crippen LogP contribution < -0.4 is 5.32 Å². The highest BCUT2D eigenvalue weighted by molar-refractivity contribution is 5.92. The Balaban J connectivity index is 1.92. The third-order valence-corrected chi connectivity index (χ3v) is 4.94. The fourth-order valence-corrected chi connectivity index (χ4v) is 3.68. The number of aromatic amines is 1. The second-order valence-electron chi connectivity index (χ2n) is 6.46. The molecule has 0 radical (unpaired) electrons. The molecule has 1 aliphatic rings. The zero-order chi connectivity index (χ0) is 16.2. The van der Waals surface area contributed by atoms with Gasteiger partial charge in [-0.05, 0) is 37.3 Å². The molecule has 1 aliphatic heterocycles. The number of rotatable bonds is 6. The summed E-state index contributed by atoms with van der Waals surface area (Å²) in [4.78, 5) is 3.53. The maximum Gasteiger partial charge on any atom is 0.107 e. The summed E-state index contributed by atoms with van der Waals surface area (Å²) in [6, 6.07) is 9.05. The molecule has 3 heteroatoms. The van der Waals surface area contributed by atoms with E-state index in [0.29, 0.717) is 0 Å². The molecular formula is C20H25N3. The summed E-state index contributed by atoms with van der Waals surface area (Å²) in [5, 5.41) is 14.2. The van der Waals surface area contributed by atoms with E-state index in [0.717, 1.165) is 25.1 Å². The molecule has 2 aromatic rings.